The Bertz CT molecular complexity index is 1110. The van der Waals surface area contributed by atoms with E-state index in [0.29, 0.717) is 24.1 Å². The summed E-state index contributed by atoms with van der Waals surface area (Å²) in [6.07, 6.45) is 2.39. The van der Waals surface area contributed by atoms with Gasteiger partial charge in [0.2, 0.25) is 5.17 Å². The maximum atomic E-state index is 12.4. The summed E-state index contributed by atoms with van der Waals surface area (Å²) in [5, 5.41) is 15.4. The molecule has 0 radical (unpaired) electrons. The lowest BCUT2D eigenvalue weighted by Crippen LogP contribution is -2.35. The molecule has 1 amide bonds. The van der Waals surface area contributed by atoms with Crippen LogP contribution in [0.15, 0.2) is 64.2 Å². The van der Waals surface area contributed by atoms with Crippen molar-refractivity contribution in [1.82, 2.24) is 5.01 Å². The van der Waals surface area contributed by atoms with Crippen LogP contribution in [0.25, 0.3) is 6.08 Å². The summed E-state index contributed by atoms with van der Waals surface area (Å²) < 4.78 is 11.4. The van der Waals surface area contributed by atoms with E-state index in [1.807, 2.05) is 62.4 Å². The topological polar surface area (TPSA) is 87.3 Å². The first kappa shape index (κ1) is 20.9. The zero-order chi connectivity index (χ0) is 21.8. The number of benzene rings is 2. The molecule has 2 aromatic rings. The first-order valence-corrected chi connectivity index (χ1v) is 10.8. The lowest BCUT2D eigenvalue weighted by atomic mass is 10.1. The molecule has 1 N–H and O–H groups in total. The second kappa shape index (κ2) is 9.18. The van der Waals surface area contributed by atoms with E-state index in [9.17, 15) is 4.79 Å². The number of nitrogens with zero attached hydrogens (tertiary/aromatic N) is 3. The molecule has 8 heteroatoms. The fourth-order valence-electron chi connectivity index (χ4n) is 3.03. The largest absolute Gasteiger partial charge is 0.490 e. The third-order valence-corrected chi connectivity index (χ3v) is 5.65. The molecule has 2 aliphatic rings. The molecule has 0 unspecified atom stereocenters. The number of hydrogen-bond donors (Lipinski definition) is 1. The highest BCUT2D eigenvalue weighted by Gasteiger charge is 2.34. The van der Waals surface area contributed by atoms with E-state index in [1.165, 1.54) is 16.8 Å². The molecule has 0 aromatic heterocycles. The molecule has 0 saturated heterocycles. The second-order valence-corrected chi connectivity index (χ2v) is 7.99. The van der Waals surface area contributed by atoms with Gasteiger partial charge in [0.05, 0.1) is 5.57 Å². The molecular formula is C23H22N4O3S. The van der Waals surface area contributed by atoms with Crippen molar-refractivity contribution in [3.63, 3.8) is 0 Å². The Labute approximate surface area is 185 Å². The summed E-state index contributed by atoms with van der Waals surface area (Å²) in [4.78, 5) is 16.5. The van der Waals surface area contributed by atoms with Crippen molar-refractivity contribution in [1.29, 1.82) is 5.41 Å². The summed E-state index contributed by atoms with van der Waals surface area (Å²) >= 11 is 1.33. The summed E-state index contributed by atoms with van der Waals surface area (Å²) in [5.74, 6) is 1.14. The van der Waals surface area contributed by atoms with Crippen molar-refractivity contribution >= 4 is 39.8 Å². The van der Waals surface area contributed by atoms with Crippen molar-refractivity contribution in [2.45, 2.75) is 20.3 Å². The Hall–Kier alpha value is -3.39. The minimum Gasteiger partial charge on any atom is -0.490 e. The molecule has 0 spiro atoms. The molecule has 4 rings (SSSR count). The van der Waals surface area contributed by atoms with Crippen molar-refractivity contribution < 1.29 is 14.3 Å². The van der Waals surface area contributed by atoms with Crippen molar-refractivity contribution in [3.8, 4) is 11.5 Å². The summed E-state index contributed by atoms with van der Waals surface area (Å²) in [5.41, 5.74) is 2.14. The molecule has 2 aliphatic heterocycles. The number of amidine groups is 2. The van der Waals surface area contributed by atoms with E-state index in [1.54, 1.807) is 6.08 Å². The van der Waals surface area contributed by atoms with Crippen LogP contribution < -0.4 is 9.47 Å². The van der Waals surface area contributed by atoms with Crippen molar-refractivity contribution in [2.75, 3.05) is 13.2 Å². The Morgan fingerprint density at radius 2 is 1.84 bits per heavy atom. The van der Waals surface area contributed by atoms with Gasteiger partial charge in [0.1, 0.15) is 29.8 Å². The Kier molecular flexibility index (Phi) is 6.18. The molecule has 0 atom stereocenters. The van der Waals surface area contributed by atoms with Crippen LogP contribution in [0.4, 0.5) is 0 Å². The normalized spacial score (nSPS) is 16.8. The van der Waals surface area contributed by atoms with Gasteiger partial charge >= 0.3 is 0 Å². The van der Waals surface area contributed by atoms with E-state index in [4.69, 9.17) is 14.9 Å². The summed E-state index contributed by atoms with van der Waals surface area (Å²) in [6, 6.07) is 15.2. The van der Waals surface area contributed by atoms with Gasteiger partial charge in [-0.2, -0.15) is 15.1 Å². The SMILES string of the molecule is CCC1=NN2C(=N)/C(=C/c3ccc(OCCOc4cccc(C)c4)cc3)C(=O)N=C2S1. The number of ether oxygens (including phenoxy) is 2. The third kappa shape index (κ3) is 4.86. The van der Waals surface area contributed by atoms with E-state index in [0.717, 1.165) is 28.3 Å². The van der Waals surface area contributed by atoms with Crippen LogP contribution in [0.3, 0.4) is 0 Å². The second-order valence-electron chi connectivity index (χ2n) is 6.95. The molecule has 0 fully saturated rings. The maximum Gasteiger partial charge on any atom is 0.283 e. The minimum absolute atomic E-state index is 0.0413. The van der Waals surface area contributed by atoms with Crippen LogP contribution in [0.5, 0.6) is 11.5 Å². The molecule has 2 aromatic carbocycles. The lowest BCUT2D eigenvalue weighted by molar-refractivity contribution is -0.114. The van der Waals surface area contributed by atoms with Crippen LogP contribution in [0.2, 0.25) is 0 Å². The quantitative estimate of drug-likeness (QED) is 0.513. The lowest BCUT2D eigenvalue weighted by Gasteiger charge is -2.20. The van der Waals surface area contributed by atoms with Gasteiger partial charge in [0, 0.05) is 0 Å². The number of amides is 1. The number of hydrogen-bond acceptors (Lipinski definition) is 6. The molecule has 2 heterocycles. The van der Waals surface area contributed by atoms with Crippen LogP contribution >= 0.6 is 11.8 Å². The number of thioether (sulfide) groups is 1. The molecule has 31 heavy (non-hydrogen) atoms. The molecule has 158 valence electrons. The van der Waals surface area contributed by atoms with E-state index >= 15 is 0 Å². The highest BCUT2D eigenvalue weighted by atomic mass is 32.2. The highest BCUT2D eigenvalue weighted by molar-refractivity contribution is 8.26. The number of nitrogens with one attached hydrogen (secondary N) is 1. The van der Waals surface area contributed by atoms with E-state index < -0.39 is 5.91 Å². The number of aryl methyl sites for hydroxylation is 1. The monoisotopic (exact) mass is 434 g/mol. The number of rotatable bonds is 7. The molecule has 0 saturated carbocycles. The predicted molar refractivity (Wildman–Crippen MR) is 124 cm³/mol. The van der Waals surface area contributed by atoms with Crippen molar-refractivity contribution in [2.24, 2.45) is 10.1 Å². The van der Waals surface area contributed by atoms with Crippen LogP contribution in [0, 0.1) is 12.3 Å². The predicted octanol–water partition coefficient (Wildman–Crippen LogP) is 4.48. The summed E-state index contributed by atoms with van der Waals surface area (Å²) in [7, 11) is 0. The minimum atomic E-state index is -0.426. The maximum absolute atomic E-state index is 12.4. The van der Waals surface area contributed by atoms with Gasteiger partial charge in [-0.1, -0.05) is 31.2 Å². The highest BCUT2D eigenvalue weighted by Crippen LogP contribution is 2.29. The van der Waals surface area contributed by atoms with Gasteiger partial charge < -0.3 is 9.47 Å². The van der Waals surface area contributed by atoms with Gasteiger partial charge in [-0.15, -0.1) is 0 Å². The first-order chi connectivity index (χ1) is 15.0. The molecule has 0 bridgehead atoms. The Morgan fingerprint density at radius 1 is 1.10 bits per heavy atom. The molecule has 0 aliphatic carbocycles. The average Bonchev–Trinajstić information content (AvgIpc) is 3.18. The number of fused-ring (bicyclic) bond motifs is 1. The van der Waals surface area contributed by atoms with Crippen LogP contribution in [-0.2, 0) is 4.79 Å². The smallest absolute Gasteiger partial charge is 0.283 e. The standard InChI is InChI=1S/C23H22N4O3S/c1-3-20-26-27-21(24)19(22(28)25-23(27)31-20)14-16-7-9-17(10-8-16)29-11-12-30-18-6-4-5-15(2)13-18/h4-10,13-14,24H,3,11-12H2,1-2H3/b19-14-,24-21?. The van der Waals surface area contributed by atoms with Gasteiger partial charge in [-0.25, -0.2) is 0 Å². The Balaban J connectivity index is 1.36. The van der Waals surface area contributed by atoms with Crippen LogP contribution in [-0.4, -0.2) is 40.2 Å². The zero-order valence-electron chi connectivity index (χ0n) is 17.3. The fraction of sp³-hybridized carbons (Fsp3) is 0.217. The number of hydrazone groups is 1. The number of aliphatic imine (C=N–C) groups is 1. The summed E-state index contributed by atoms with van der Waals surface area (Å²) in [6.45, 7) is 4.85. The van der Waals surface area contributed by atoms with E-state index in [-0.39, 0.29) is 11.4 Å². The van der Waals surface area contributed by atoms with Crippen LogP contribution in [0.1, 0.15) is 24.5 Å². The zero-order valence-corrected chi connectivity index (χ0v) is 18.1. The van der Waals surface area contributed by atoms with Gasteiger partial charge in [0.25, 0.3) is 5.91 Å². The van der Waals surface area contributed by atoms with E-state index in [2.05, 4.69) is 10.1 Å². The van der Waals surface area contributed by atoms with Gasteiger partial charge in [-0.3, -0.25) is 10.2 Å². The molecule has 7 nitrogen and oxygen atoms in total. The molecular weight excluding hydrogens is 412 g/mol. The fourth-order valence-corrected chi connectivity index (χ4v) is 3.85. The van der Waals surface area contributed by atoms with Gasteiger partial charge in [-0.05, 0) is 66.6 Å². The Morgan fingerprint density at radius 3 is 2.55 bits per heavy atom. The average molecular weight is 435 g/mol. The first-order valence-electron chi connectivity index (χ1n) is 9.95. The van der Waals surface area contributed by atoms with Crippen molar-refractivity contribution in [3.05, 3.63) is 65.2 Å². The van der Waals surface area contributed by atoms with Gasteiger partial charge in [0.15, 0.2) is 5.84 Å². The number of carbonyl (C=O) groups is 1. The third-order valence-electron chi connectivity index (χ3n) is 4.60. The number of carbonyl (C=O) groups excluding carboxylic acids is 1.